The average molecular weight is 333 g/mol. The van der Waals surface area contributed by atoms with Crippen LogP contribution in [-0.4, -0.2) is 42.9 Å². The molecule has 122 valence electrons. The molecular weight excluding hydrogens is 314 g/mol. The quantitative estimate of drug-likeness (QED) is 0.855. The Kier molecular flexibility index (Phi) is 4.32. The molecule has 1 aromatic carbocycles. The molecule has 0 spiro atoms. The third kappa shape index (κ3) is 3.20. The molecule has 1 aromatic heterocycles. The molecule has 0 saturated carbocycles. The number of nitrogens with zero attached hydrogens (tertiary/aromatic N) is 3. The predicted octanol–water partition coefficient (Wildman–Crippen LogP) is 1.97. The highest BCUT2D eigenvalue weighted by Gasteiger charge is 2.34. The van der Waals surface area contributed by atoms with Crippen LogP contribution in [0.2, 0.25) is 0 Å². The van der Waals surface area contributed by atoms with Crippen molar-refractivity contribution in [3.05, 3.63) is 48.0 Å². The maximum absolute atomic E-state index is 12.8. The summed E-state index contributed by atoms with van der Waals surface area (Å²) in [6, 6.07) is 8.39. The van der Waals surface area contributed by atoms with Gasteiger partial charge in [-0.25, -0.2) is 18.4 Å². The van der Waals surface area contributed by atoms with Gasteiger partial charge in [-0.3, -0.25) is 0 Å². The van der Waals surface area contributed by atoms with Gasteiger partial charge >= 0.3 is 0 Å². The summed E-state index contributed by atoms with van der Waals surface area (Å²) in [6.07, 6.45) is 2.45. The number of ether oxygens (including phenoxy) is 1. The van der Waals surface area contributed by atoms with Crippen LogP contribution in [0.3, 0.4) is 0 Å². The normalized spacial score (nSPS) is 19.0. The van der Waals surface area contributed by atoms with E-state index in [2.05, 4.69) is 9.97 Å². The predicted molar refractivity (Wildman–Crippen MR) is 85.9 cm³/mol. The van der Waals surface area contributed by atoms with Crippen LogP contribution >= 0.6 is 0 Å². The number of benzene rings is 1. The van der Waals surface area contributed by atoms with Crippen molar-refractivity contribution >= 4 is 10.0 Å². The molecule has 0 aliphatic carbocycles. The van der Waals surface area contributed by atoms with Crippen molar-refractivity contribution in [2.45, 2.75) is 24.2 Å². The van der Waals surface area contributed by atoms with E-state index in [1.54, 1.807) is 30.5 Å². The molecule has 0 radical (unpaired) electrons. The van der Waals surface area contributed by atoms with Crippen molar-refractivity contribution in [2.24, 2.45) is 0 Å². The Balaban J connectivity index is 1.82. The van der Waals surface area contributed by atoms with Crippen LogP contribution in [0.25, 0.3) is 0 Å². The Morgan fingerprint density at radius 3 is 2.87 bits per heavy atom. The minimum atomic E-state index is -3.52. The molecule has 1 saturated heterocycles. The second-order valence-corrected chi connectivity index (χ2v) is 7.52. The van der Waals surface area contributed by atoms with Crippen LogP contribution in [0, 0.1) is 6.92 Å². The van der Waals surface area contributed by atoms with Crippen molar-refractivity contribution in [3.8, 4) is 5.75 Å². The van der Waals surface area contributed by atoms with E-state index < -0.39 is 10.0 Å². The van der Waals surface area contributed by atoms with Crippen molar-refractivity contribution in [1.82, 2.24) is 14.3 Å². The van der Waals surface area contributed by atoms with Gasteiger partial charge in [0.2, 0.25) is 10.0 Å². The van der Waals surface area contributed by atoms with E-state index in [-0.39, 0.29) is 10.8 Å². The minimum absolute atomic E-state index is 0.0373. The number of aryl methyl sites for hydroxylation is 1. The summed E-state index contributed by atoms with van der Waals surface area (Å²) in [5, 5.41) is 0. The zero-order chi connectivity index (χ0) is 16.4. The molecule has 1 atom stereocenters. The van der Waals surface area contributed by atoms with Crippen LogP contribution in [-0.2, 0) is 10.0 Å². The molecule has 1 aliphatic rings. The molecule has 0 bridgehead atoms. The summed E-state index contributed by atoms with van der Waals surface area (Å²) in [4.78, 5) is 8.96. The molecule has 0 unspecified atom stereocenters. The second kappa shape index (κ2) is 6.25. The number of rotatable bonds is 4. The fourth-order valence-corrected chi connectivity index (χ4v) is 4.27. The summed E-state index contributed by atoms with van der Waals surface area (Å²) >= 11 is 0. The summed E-state index contributed by atoms with van der Waals surface area (Å²) in [7, 11) is -2.00. The van der Waals surface area contributed by atoms with Gasteiger partial charge in [0.15, 0.2) is 0 Å². The molecule has 1 aliphatic heterocycles. The number of methoxy groups -OCH3 is 1. The molecule has 2 heterocycles. The largest absolute Gasteiger partial charge is 0.497 e. The molecule has 7 heteroatoms. The van der Waals surface area contributed by atoms with Crippen LogP contribution in [0.5, 0.6) is 5.75 Å². The first-order valence-electron chi connectivity index (χ1n) is 7.44. The van der Waals surface area contributed by atoms with Gasteiger partial charge in [0.25, 0.3) is 0 Å². The lowest BCUT2D eigenvalue weighted by atomic mass is 10.1. The van der Waals surface area contributed by atoms with Gasteiger partial charge in [0.05, 0.1) is 12.0 Å². The van der Waals surface area contributed by atoms with Gasteiger partial charge in [0, 0.05) is 37.0 Å². The molecule has 1 fully saturated rings. The van der Waals surface area contributed by atoms with Gasteiger partial charge in [-0.1, -0.05) is 6.07 Å². The van der Waals surface area contributed by atoms with E-state index in [4.69, 9.17) is 4.74 Å². The van der Waals surface area contributed by atoms with Crippen molar-refractivity contribution in [1.29, 1.82) is 0 Å². The highest BCUT2D eigenvalue weighted by Crippen LogP contribution is 2.30. The fourth-order valence-electron chi connectivity index (χ4n) is 2.73. The zero-order valence-electron chi connectivity index (χ0n) is 13.1. The maximum Gasteiger partial charge on any atom is 0.243 e. The van der Waals surface area contributed by atoms with E-state index >= 15 is 0 Å². The lowest BCUT2D eigenvalue weighted by molar-refractivity contribution is 0.412. The summed E-state index contributed by atoms with van der Waals surface area (Å²) in [5.74, 6) is 1.28. The van der Waals surface area contributed by atoms with Gasteiger partial charge in [-0.05, 0) is 31.5 Å². The van der Waals surface area contributed by atoms with E-state index in [9.17, 15) is 8.42 Å². The smallest absolute Gasteiger partial charge is 0.243 e. The minimum Gasteiger partial charge on any atom is -0.497 e. The van der Waals surface area contributed by atoms with Gasteiger partial charge in [-0.15, -0.1) is 0 Å². The zero-order valence-corrected chi connectivity index (χ0v) is 14.0. The highest BCUT2D eigenvalue weighted by molar-refractivity contribution is 7.89. The van der Waals surface area contributed by atoms with Gasteiger partial charge < -0.3 is 4.74 Å². The third-order valence-electron chi connectivity index (χ3n) is 4.01. The number of sulfonamides is 1. The number of hydrogen-bond donors (Lipinski definition) is 0. The SMILES string of the molecule is COc1cccc(S(=O)(=O)N2CC[C@@H](c3nccc(C)n3)C2)c1. The first kappa shape index (κ1) is 15.9. The van der Waals surface area contributed by atoms with Crippen LogP contribution in [0.4, 0.5) is 0 Å². The monoisotopic (exact) mass is 333 g/mol. The average Bonchev–Trinajstić information content (AvgIpc) is 3.06. The van der Waals surface area contributed by atoms with Crippen LogP contribution in [0.1, 0.15) is 23.9 Å². The van der Waals surface area contributed by atoms with Crippen molar-refractivity contribution < 1.29 is 13.2 Å². The molecule has 2 aromatic rings. The lowest BCUT2D eigenvalue weighted by Crippen LogP contribution is -2.28. The third-order valence-corrected chi connectivity index (χ3v) is 5.87. The maximum atomic E-state index is 12.8. The lowest BCUT2D eigenvalue weighted by Gasteiger charge is -2.17. The highest BCUT2D eigenvalue weighted by atomic mass is 32.2. The Bertz CT molecular complexity index is 808. The Labute approximate surface area is 136 Å². The molecule has 0 N–H and O–H groups in total. The summed E-state index contributed by atoms with van der Waals surface area (Å²) in [5.41, 5.74) is 0.893. The first-order valence-corrected chi connectivity index (χ1v) is 8.88. The fraction of sp³-hybridized carbons (Fsp3) is 0.375. The molecule has 3 rings (SSSR count). The Morgan fingerprint density at radius 2 is 2.13 bits per heavy atom. The summed E-state index contributed by atoms with van der Waals surface area (Å²) < 4.78 is 32.2. The van der Waals surface area contributed by atoms with Gasteiger partial charge in [0.1, 0.15) is 11.6 Å². The summed E-state index contributed by atoms with van der Waals surface area (Å²) in [6.45, 7) is 2.79. The van der Waals surface area contributed by atoms with E-state index in [1.807, 2.05) is 13.0 Å². The molecular formula is C16H19N3O3S. The first-order chi connectivity index (χ1) is 11.0. The Morgan fingerprint density at radius 1 is 1.30 bits per heavy atom. The molecule has 0 amide bonds. The second-order valence-electron chi connectivity index (χ2n) is 5.58. The van der Waals surface area contributed by atoms with E-state index in [0.717, 1.165) is 12.1 Å². The van der Waals surface area contributed by atoms with Gasteiger partial charge in [-0.2, -0.15) is 4.31 Å². The Hall–Kier alpha value is -1.99. The number of hydrogen-bond acceptors (Lipinski definition) is 5. The van der Waals surface area contributed by atoms with Crippen molar-refractivity contribution in [3.63, 3.8) is 0 Å². The van der Waals surface area contributed by atoms with E-state index in [1.165, 1.54) is 11.4 Å². The van der Waals surface area contributed by atoms with Crippen LogP contribution in [0.15, 0.2) is 41.4 Å². The number of aromatic nitrogens is 2. The van der Waals surface area contributed by atoms with E-state index in [0.29, 0.717) is 24.7 Å². The molecule has 23 heavy (non-hydrogen) atoms. The van der Waals surface area contributed by atoms with Crippen LogP contribution < -0.4 is 4.74 Å². The standard InChI is InChI=1S/C16H19N3O3S/c1-12-6-8-17-16(18-12)13-7-9-19(11-13)23(20,21)15-5-3-4-14(10-15)22-2/h3-6,8,10,13H,7,9,11H2,1-2H3/t13-/m1/s1. The van der Waals surface area contributed by atoms with Crippen molar-refractivity contribution in [2.75, 3.05) is 20.2 Å². The molecule has 6 nitrogen and oxygen atoms in total. The topological polar surface area (TPSA) is 72.4 Å².